The van der Waals surface area contributed by atoms with E-state index in [9.17, 15) is 0 Å². The van der Waals surface area contributed by atoms with Crippen molar-refractivity contribution in [3.8, 4) is 0 Å². The van der Waals surface area contributed by atoms with E-state index in [2.05, 4.69) is 22.4 Å². The standard InChI is InChI=1S/C15H17ClN2O/c1-10-8-17-14(19-10)9-18-15(11-2-3-11)12-4-6-13(16)7-5-12/h4-8,11,15,18H,2-3,9H2,1H3. The Hall–Kier alpha value is -1.32. The van der Waals surface area contributed by atoms with Crippen molar-refractivity contribution in [3.05, 3.63) is 52.7 Å². The van der Waals surface area contributed by atoms with Crippen LogP contribution in [-0.4, -0.2) is 4.98 Å². The number of rotatable bonds is 5. The van der Waals surface area contributed by atoms with Crippen molar-refractivity contribution >= 4 is 11.6 Å². The quantitative estimate of drug-likeness (QED) is 0.901. The molecular weight excluding hydrogens is 260 g/mol. The number of hydrogen-bond donors (Lipinski definition) is 1. The molecule has 0 amide bonds. The Morgan fingerprint density at radius 3 is 2.68 bits per heavy atom. The van der Waals surface area contributed by atoms with Crippen molar-refractivity contribution in [1.82, 2.24) is 10.3 Å². The Balaban J connectivity index is 1.69. The number of nitrogens with zero attached hydrogens (tertiary/aromatic N) is 1. The molecule has 3 nitrogen and oxygen atoms in total. The number of aryl methyl sites for hydroxylation is 1. The molecule has 1 aliphatic carbocycles. The van der Waals surface area contributed by atoms with E-state index in [1.807, 2.05) is 19.1 Å². The number of aromatic nitrogens is 1. The van der Waals surface area contributed by atoms with Crippen LogP contribution in [0.4, 0.5) is 0 Å². The van der Waals surface area contributed by atoms with Crippen LogP contribution >= 0.6 is 11.6 Å². The van der Waals surface area contributed by atoms with Gasteiger partial charge in [0.05, 0.1) is 12.7 Å². The zero-order valence-electron chi connectivity index (χ0n) is 10.9. The Bertz CT molecular complexity index is 546. The minimum Gasteiger partial charge on any atom is -0.445 e. The molecule has 2 aromatic rings. The summed E-state index contributed by atoms with van der Waals surface area (Å²) in [5.41, 5.74) is 1.29. The summed E-state index contributed by atoms with van der Waals surface area (Å²) in [7, 11) is 0. The first-order valence-electron chi connectivity index (χ1n) is 6.62. The molecule has 4 heteroatoms. The zero-order valence-corrected chi connectivity index (χ0v) is 11.7. The van der Waals surface area contributed by atoms with Gasteiger partial charge in [0.2, 0.25) is 5.89 Å². The fraction of sp³-hybridized carbons (Fsp3) is 0.400. The van der Waals surface area contributed by atoms with E-state index < -0.39 is 0 Å². The van der Waals surface area contributed by atoms with Crippen LogP contribution in [0.2, 0.25) is 5.02 Å². The van der Waals surface area contributed by atoms with Crippen LogP contribution in [0.25, 0.3) is 0 Å². The maximum Gasteiger partial charge on any atom is 0.208 e. The van der Waals surface area contributed by atoms with Gasteiger partial charge in [-0.2, -0.15) is 0 Å². The van der Waals surface area contributed by atoms with Gasteiger partial charge in [0.25, 0.3) is 0 Å². The minimum atomic E-state index is 0.365. The summed E-state index contributed by atoms with van der Waals surface area (Å²) in [4.78, 5) is 4.22. The van der Waals surface area contributed by atoms with Crippen molar-refractivity contribution in [2.75, 3.05) is 0 Å². The smallest absolute Gasteiger partial charge is 0.208 e. The first-order chi connectivity index (χ1) is 9.22. The van der Waals surface area contributed by atoms with Crippen LogP contribution < -0.4 is 5.32 Å². The third kappa shape index (κ3) is 3.17. The number of nitrogens with one attached hydrogen (secondary N) is 1. The van der Waals surface area contributed by atoms with E-state index in [-0.39, 0.29) is 0 Å². The van der Waals surface area contributed by atoms with Crippen molar-refractivity contribution < 1.29 is 4.42 Å². The van der Waals surface area contributed by atoms with E-state index in [1.54, 1.807) is 6.20 Å². The van der Waals surface area contributed by atoms with Gasteiger partial charge in [-0.1, -0.05) is 23.7 Å². The molecule has 1 N–H and O–H groups in total. The van der Waals surface area contributed by atoms with E-state index >= 15 is 0 Å². The van der Waals surface area contributed by atoms with Gasteiger partial charge < -0.3 is 9.73 Å². The summed E-state index contributed by atoms with van der Waals surface area (Å²) in [6, 6.07) is 8.45. The second-order valence-electron chi connectivity index (χ2n) is 5.11. The molecule has 1 heterocycles. The van der Waals surface area contributed by atoms with Crippen LogP contribution in [0.15, 0.2) is 34.9 Å². The van der Waals surface area contributed by atoms with Gasteiger partial charge in [0.1, 0.15) is 5.76 Å². The van der Waals surface area contributed by atoms with E-state index in [0.717, 1.165) is 22.6 Å². The van der Waals surface area contributed by atoms with E-state index in [0.29, 0.717) is 12.6 Å². The molecule has 0 spiro atoms. The maximum atomic E-state index is 5.94. The van der Waals surface area contributed by atoms with Crippen LogP contribution in [0.5, 0.6) is 0 Å². The Labute approximate surface area is 118 Å². The highest BCUT2D eigenvalue weighted by molar-refractivity contribution is 6.30. The Kier molecular flexibility index (Phi) is 3.58. The van der Waals surface area contributed by atoms with Gasteiger partial charge in [-0.3, -0.25) is 0 Å². The molecule has 1 unspecified atom stereocenters. The van der Waals surface area contributed by atoms with Crippen LogP contribution in [-0.2, 0) is 6.54 Å². The number of hydrogen-bond acceptors (Lipinski definition) is 3. The molecule has 19 heavy (non-hydrogen) atoms. The predicted molar refractivity (Wildman–Crippen MR) is 75.0 cm³/mol. The molecule has 0 saturated heterocycles. The SMILES string of the molecule is Cc1cnc(CNC(c2ccc(Cl)cc2)C2CC2)o1. The van der Waals surface area contributed by atoms with Crippen molar-refractivity contribution in [2.45, 2.75) is 32.4 Å². The molecule has 0 aliphatic heterocycles. The third-order valence-electron chi connectivity index (χ3n) is 3.46. The molecule has 1 aromatic heterocycles. The first kappa shape index (κ1) is 12.7. The summed E-state index contributed by atoms with van der Waals surface area (Å²) < 4.78 is 5.49. The lowest BCUT2D eigenvalue weighted by atomic mass is 10.0. The molecule has 0 bridgehead atoms. The van der Waals surface area contributed by atoms with E-state index in [4.69, 9.17) is 16.0 Å². The van der Waals surface area contributed by atoms with Crippen LogP contribution in [0, 0.1) is 12.8 Å². The highest BCUT2D eigenvalue weighted by Crippen LogP contribution is 2.41. The zero-order chi connectivity index (χ0) is 13.2. The van der Waals surface area contributed by atoms with Gasteiger partial charge in [-0.05, 0) is 43.4 Å². The van der Waals surface area contributed by atoms with Crippen molar-refractivity contribution in [2.24, 2.45) is 5.92 Å². The average molecular weight is 277 g/mol. The van der Waals surface area contributed by atoms with Crippen LogP contribution in [0.1, 0.15) is 36.1 Å². The Morgan fingerprint density at radius 2 is 2.11 bits per heavy atom. The van der Waals surface area contributed by atoms with Gasteiger partial charge in [-0.15, -0.1) is 0 Å². The highest BCUT2D eigenvalue weighted by atomic mass is 35.5. The van der Waals surface area contributed by atoms with Crippen molar-refractivity contribution in [3.63, 3.8) is 0 Å². The molecule has 100 valence electrons. The average Bonchev–Trinajstić information content (AvgIpc) is 3.15. The summed E-state index contributed by atoms with van der Waals surface area (Å²) in [5.74, 6) is 2.32. The second-order valence-corrected chi connectivity index (χ2v) is 5.55. The molecule has 1 atom stereocenters. The molecule has 3 rings (SSSR count). The normalized spacial score (nSPS) is 16.5. The summed E-state index contributed by atoms with van der Waals surface area (Å²) in [6.45, 7) is 2.58. The molecule has 0 radical (unpaired) electrons. The maximum absolute atomic E-state index is 5.94. The lowest BCUT2D eigenvalue weighted by Crippen LogP contribution is -2.22. The Morgan fingerprint density at radius 1 is 1.37 bits per heavy atom. The van der Waals surface area contributed by atoms with Gasteiger partial charge >= 0.3 is 0 Å². The molecular formula is C15H17ClN2O. The largest absolute Gasteiger partial charge is 0.445 e. The summed E-state index contributed by atoms with van der Waals surface area (Å²) >= 11 is 5.94. The lowest BCUT2D eigenvalue weighted by molar-refractivity contribution is 0.407. The third-order valence-corrected chi connectivity index (χ3v) is 3.72. The summed E-state index contributed by atoms with van der Waals surface area (Å²) in [6.07, 6.45) is 4.32. The van der Waals surface area contributed by atoms with Gasteiger partial charge in [0.15, 0.2) is 0 Å². The monoisotopic (exact) mass is 276 g/mol. The second kappa shape index (κ2) is 5.35. The van der Waals surface area contributed by atoms with Crippen molar-refractivity contribution in [1.29, 1.82) is 0 Å². The topological polar surface area (TPSA) is 38.1 Å². The molecule has 1 aliphatic rings. The molecule has 1 aromatic carbocycles. The fourth-order valence-electron chi connectivity index (χ4n) is 2.34. The van der Waals surface area contributed by atoms with E-state index in [1.165, 1.54) is 18.4 Å². The molecule has 1 saturated carbocycles. The number of benzene rings is 1. The fourth-order valence-corrected chi connectivity index (χ4v) is 2.46. The predicted octanol–water partition coefficient (Wildman–Crippen LogP) is 3.88. The minimum absolute atomic E-state index is 0.365. The lowest BCUT2D eigenvalue weighted by Gasteiger charge is -2.18. The van der Waals surface area contributed by atoms with Gasteiger partial charge in [0, 0.05) is 11.1 Å². The first-order valence-corrected chi connectivity index (χ1v) is 7.00. The van der Waals surface area contributed by atoms with Gasteiger partial charge in [-0.25, -0.2) is 4.98 Å². The summed E-state index contributed by atoms with van der Waals surface area (Å²) in [5, 5.41) is 4.33. The molecule has 1 fully saturated rings. The van der Waals surface area contributed by atoms with Crippen LogP contribution in [0.3, 0.4) is 0 Å². The highest BCUT2D eigenvalue weighted by Gasteiger charge is 2.32. The number of halogens is 1. The number of oxazole rings is 1.